The molecule has 16 heavy (non-hydrogen) atoms. The molecule has 0 fully saturated rings. The SMILES string of the molecule is CCn1cncc1CNCc1nc(C)no1. The monoisotopic (exact) mass is 221 g/mol. The van der Waals surface area contributed by atoms with Gasteiger partial charge in [0.15, 0.2) is 5.82 Å². The number of imidazole rings is 1. The lowest BCUT2D eigenvalue weighted by atomic mass is 10.4. The van der Waals surface area contributed by atoms with Gasteiger partial charge in [-0.2, -0.15) is 4.98 Å². The van der Waals surface area contributed by atoms with Crippen molar-refractivity contribution in [3.8, 4) is 0 Å². The fourth-order valence-electron chi connectivity index (χ4n) is 1.49. The van der Waals surface area contributed by atoms with Crippen LogP contribution in [0.4, 0.5) is 0 Å². The average Bonchev–Trinajstić information content (AvgIpc) is 2.87. The molecule has 0 unspecified atom stereocenters. The predicted octanol–water partition coefficient (Wildman–Crippen LogP) is 0.884. The summed E-state index contributed by atoms with van der Waals surface area (Å²) in [6.45, 7) is 6.15. The molecular formula is C10H15N5O. The van der Waals surface area contributed by atoms with Crippen molar-refractivity contribution in [1.29, 1.82) is 0 Å². The van der Waals surface area contributed by atoms with E-state index in [0.29, 0.717) is 18.3 Å². The Balaban J connectivity index is 1.84. The number of aryl methyl sites for hydroxylation is 2. The van der Waals surface area contributed by atoms with E-state index in [1.807, 2.05) is 12.5 Å². The van der Waals surface area contributed by atoms with Gasteiger partial charge in [-0.15, -0.1) is 0 Å². The smallest absolute Gasteiger partial charge is 0.240 e. The molecule has 2 aromatic heterocycles. The van der Waals surface area contributed by atoms with Crippen molar-refractivity contribution in [2.75, 3.05) is 0 Å². The van der Waals surface area contributed by atoms with Crippen molar-refractivity contribution in [2.45, 2.75) is 33.5 Å². The van der Waals surface area contributed by atoms with Crippen LogP contribution in [0.2, 0.25) is 0 Å². The number of nitrogens with one attached hydrogen (secondary N) is 1. The van der Waals surface area contributed by atoms with Gasteiger partial charge < -0.3 is 14.4 Å². The number of hydrogen-bond acceptors (Lipinski definition) is 5. The van der Waals surface area contributed by atoms with Gasteiger partial charge in [0.2, 0.25) is 5.89 Å². The summed E-state index contributed by atoms with van der Waals surface area (Å²) < 4.78 is 7.08. The van der Waals surface area contributed by atoms with Gasteiger partial charge in [-0.25, -0.2) is 4.98 Å². The van der Waals surface area contributed by atoms with E-state index < -0.39 is 0 Å². The summed E-state index contributed by atoms with van der Waals surface area (Å²) >= 11 is 0. The second-order valence-electron chi connectivity index (χ2n) is 3.51. The maximum Gasteiger partial charge on any atom is 0.240 e. The molecule has 0 saturated carbocycles. The highest BCUT2D eigenvalue weighted by molar-refractivity contribution is 4.97. The van der Waals surface area contributed by atoms with E-state index in [1.54, 1.807) is 6.92 Å². The van der Waals surface area contributed by atoms with Crippen molar-refractivity contribution in [1.82, 2.24) is 25.0 Å². The summed E-state index contributed by atoms with van der Waals surface area (Å²) in [5.41, 5.74) is 1.15. The van der Waals surface area contributed by atoms with Gasteiger partial charge in [0.25, 0.3) is 0 Å². The molecule has 0 atom stereocenters. The first kappa shape index (κ1) is 10.8. The van der Waals surface area contributed by atoms with E-state index in [9.17, 15) is 0 Å². The van der Waals surface area contributed by atoms with Crippen LogP contribution in [0.25, 0.3) is 0 Å². The van der Waals surface area contributed by atoms with Gasteiger partial charge in [0.05, 0.1) is 18.6 Å². The van der Waals surface area contributed by atoms with E-state index in [2.05, 4.69) is 31.9 Å². The summed E-state index contributed by atoms with van der Waals surface area (Å²) in [7, 11) is 0. The Labute approximate surface area is 93.7 Å². The van der Waals surface area contributed by atoms with Crippen molar-refractivity contribution in [2.24, 2.45) is 0 Å². The Hall–Kier alpha value is -1.69. The number of rotatable bonds is 5. The normalized spacial score (nSPS) is 10.9. The first-order chi connectivity index (χ1) is 7.79. The molecule has 0 aliphatic rings. The topological polar surface area (TPSA) is 68.8 Å². The highest BCUT2D eigenvalue weighted by atomic mass is 16.5. The molecule has 0 aliphatic heterocycles. The van der Waals surface area contributed by atoms with E-state index in [-0.39, 0.29) is 0 Å². The lowest BCUT2D eigenvalue weighted by Crippen LogP contribution is -2.15. The fraction of sp³-hybridized carbons (Fsp3) is 0.500. The van der Waals surface area contributed by atoms with Crippen LogP contribution in [0.5, 0.6) is 0 Å². The van der Waals surface area contributed by atoms with Crippen molar-refractivity contribution in [3.63, 3.8) is 0 Å². The summed E-state index contributed by atoms with van der Waals surface area (Å²) in [5.74, 6) is 1.27. The minimum absolute atomic E-state index is 0.579. The van der Waals surface area contributed by atoms with E-state index in [0.717, 1.165) is 18.8 Å². The van der Waals surface area contributed by atoms with Gasteiger partial charge in [-0.3, -0.25) is 0 Å². The second-order valence-corrected chi connectivity index (χ2v) is 3.51. The van der Waals surface area contributed by atoms with Crippen LogP contribution in [-0.2, 0) is 19.6 Å². The molecule has 0 bridgehead atoms. The predicted molar refractivity (Wildman–Crippen MR) is 57.5 cm³/mol. The highest BCUT2D eigenvalue weighted by Crippen LogP contribution is 2.00. The average molecular weight is 221 g/mol. The molecule has 0 saturated heterocycles. The molecule has 0 spiro atoms. The largest absolute Gasteiger partial charge is 0.338 e. The van der Waals surface area contributed by atoms with Crippen LogP contribution in [0.3, 0.4) is 0 Å². The van der Waals surface area contributed by atoms with E-state index in [4.69, 9.17) is 4.52 Å². The maximum atomic E-state index is 4.99. The van der Waals surface area contributed by atoms with Crippen molar-refractivity contribution >= 4 is 0 Å². The number of aromatic nitrogens is 4. The molecule has 6 nitrogen and oxygen atoms in total. The van der Waals surface area contributed by atoms with Gasteiger partial charge in [-0.1, -0.05) is 5.16 Å². The third kappa shape index (κ3) is 2.46. The Morgan fingerprint density at radius 2 is 2.31 bits per heavy atom. The molecule has 86 valence electrons. The molecule has 0 aromatic carbocycles. The Kier molecular flexibility index (Phi) is 3.31. The minimum atomic E-state index is 0.579. The van der Waals surface area contributed by atoms with Crippen molar-refractivity contribution in [3.05, 3.63) is 29.9 Å². The van der Waals surface area contributed by atoms with Crippen LogP contribution in [-0.4, -0.2) is 19.7 Å². The second kappa shape index (κ2) is 4.89. The summed E-state index contributed by atoms with van der Waals surface area (Å²) in [6, 6.07) is 0. The summed E-state index contributed by atoms with van der Waals surface area (Å²) in [6.07, 6.45) is 3.68. The quantitative estimate of drug-likeness (QED) is 0.811. The Morgan fingerprint density at radius 3 is 3.00 bits per heavy atom. The minimum Gasteiger partial charge on any atom is -0.338 e. The number of hydrogen-bond donors (Lipinski definition) is 1. The molecular weight excluding hydrogens is 206 g/mol. The first-order valence-electron chi connectivity index (χ1n) is 5.28. The van der Waals surface area contributed by atoms with Crippen LogP contribution in [0, 0.1) is 6.92 Å². The fourth-order valence-corrected chi connectivity index (χ4v) is 1.49. The van der Waals surface area contributed by atoms with Crippen LogP contribution in [0.1, 0.15) is 24.3 Å². The van der Waals surface area contributed by atoms with Gasteiger partial charge >= 0.3 is 0 Å². The third-order valence-corrected chi connectivity index (χ3v) is 2.29. The molecule has 0 radical (unpaired) electrons. The molecule has 2 heterocycles. The van der Waals surface area contributed by atoms with Crippen LogP contribution >= 0.6 is 0 Å². The molecule has 6 heteroatoms. The third-order valence-electron chi connectivity index (χ3n) is 2.29. The van der Waals surface area contributed by atoms with Crippen LogP contribution < -0.4 is 5.32 Å². The van der Waals surface area contributed by atoms with E-state index >= 15 is 0 Å². The molecule has 2 aromatic rings. The summed E-state index contributed by atoms with van der Waals surface area (Å²) in [4.78, 5) is 8.20. The van der Waals surface area contributed by atoms with Gasteiger partial charge in [0, 0.05) is 19.3 Å². The van der Waals surface area contributed by atoms with Crippen molar-refractivity contribution < 1.29 is 4.52 Å². The van der Waals surface area contributed by atoms with E-state index in [1.165, 1.54) is 0 Å². The van der Waals surface area contributed by atoms with Crippen LogP contribution in [0.15, 0.2) is 17.0 Å². The Bertz CT molecular complexity index is 448. The first-order valence-corrected chi connectivity index (χ1v) is 5.28. The standard InChI is InChI=1S/C10H15N5O/c1-3-15-7-12-5-9(15)4-11-6-10-13-8(2)14-16-10/h5,7,11H,3-4,6H2,1-2H3. The molecule has 2 rings (SSSR count). The summed E-state index contributed by atoms with van der Waals surface area (Å²) in [5, 5.41) is 6.96. The van der Waals surface area contributed by atoms with Gasteiger partial charge in [0.1, 0.15) is 0 Å². The molecule has 0 aliphatic carbocycles. The zero-order valence-corrected chi connectivity index (χ0v) is 9.47. The Morgan fingerprint density at radius 1 is 1.44 bits per heavy atom. The highest BCUT2D eigenvalue weighted by Gasteiger charge is 2.03. The number of nitrogens with zero attached hydrogens (tertiary/aromatic N) is 4. The zero-order valence-electron chi connectivity index (χ0n) is 9.47. The lowest BCUT2D eigenvalue weighted by Gasteiger charge is -2.04. The lowest BCUT2D eigenvalue weighted by molar-refractivity contribution is 0.363. The zero-order chi connectivity index (χ0) is 11.4. The molecule has 0 amide bonds. The van der Waals surface area contributed by atoms with Gasteiger partial charge in [-0.05, 0) is 13.8 Å². The molecule has 1 N–H and O–H groups in total. The maximum absolute atomic E-state index is 4.99.